The molecular formula is C15H13NO3. The first-order valence-corrected chi connectivity index (χ1v) is 6.27. The maximum absolute atomic E-state index is 10.3. The number of nitrogens with zero attached hydrogens (tertiary/aromatic N) is 1. The molecule has 1 aromatic heterocycles. The number of ether oxygens (including phenoxy) is 1. The zero-order chi connectivity index (χ0) is 13.0. The van der Waals surface area contributed by atoms with Gasteiger partial charge < -0.3 is 14.9 Å². The van der Waals surface area contributed by atoms with Crippen LogP contribution in [0.1, 0.15) is 28.9 Å². The molecule has 0 fully saturated rings. The Morgan fingerprint density at radius 1 is 0.947 bits per heavy atom. The Morgan fingerprint density at radius 3 is 2.11 bits per heavy atom. The predicted octanol–water partition coefficient (Wildman–Crippen LogP) is 2.63. The van der Waals surface area contributed by atoms with E-state index in [-0.39, 0.29) is 24.0 Å². The van der Waals surface area contributed by atoms with Gasteiger partial charge in [0.05, 0.1) is 17.7 Å². The van der Waals surface area contributed by atoms with Crippen molar-refractivity contribution < 1.29 is 14.9 Å². The second-order valence-electron chi connectivity index (χ2n) is 4.91. The highest BCUT2D eigenvalue weighted by Crippen LogP contribution is 2.54. The fourth-order valence-corrected chi connectivity index (χ4v) is 2.89. The number of aromatic hydroxyl groups is 2. The van der Waals surface area contributed by atoms with E-state index >= 15 is 0 Å². The van der Waals surface area contributed by atoms with E-state index in [1.807, 2.05) is 42.5 Å². The summed E-state index contributed by atoms with van der Waals surface area (Å²) in [6.07, 6.45) is 3.39. The summed E-state index contributed by atoms with van der Waals surface area (Å²) in [5.41, 5.74) is 2.45. The van der Waals surface area contributed by atoms with Crippen molar-refractivity contribution in [3.05, 3.63) is 59.2 Å². The zero-order valence-corrected chi connectivity index (χ0v) is 10.2. The first-order chi connectivity index (χ1) is 9.25. The van der Waals surface area contributed by atoms with Gasteiger partial charge in [0.15, 0.2) is 0 Å². The van der Waals surface area contributed by atoms with Crippen molar-refractivity contribution in [2.75, 3.05) is 0 Å². The van der Waals surface area contributed by atoms with Crippen molar-refractivity contribution in [3.8, 4) is 11.8 Å². The number of rotatable bonds is 2. The van der Waals surface area contributed by atoms with E-state index in [0.29, 0.717) is 17.7 Å². The van der Waals surface area contributed by atoms with Crippen molar-refractivity contribution >= 4 is 0 Å². The molecule has 2 atom stereocenters. The lowest BCUT2D eigenvalue weighted by atomic mass is 10.0. The van der Waals surface area contributed by atoms with Crippen LogP contribution in [0, 0.1) is 0 Å². The van der Waals surface area contributed by atoms with Crippen molar-refractivity contribution in [2.24, 2.45) is 0 Å². The molecule has 0 saturated carbocycles. The van der Waals surface area contributed by atoms with Crippen molar-refractivity contribution in [1.29, 1.82) is 0 Å². The summed E-state index contributed by atoms with van der Waals surface area (Å²) in [5, 5.41) is 20.6. The molecule has 0 saturated heterocycles. The van der Waals surface area contributed by atoms with E-state index in [2.05, 4.69) is 0 Å². The highest BCUT2D eigenvalue weighted by molar-refractivity contribution is 5.55. The van der Waals surface area contributed by atoms with Crippen LogP contribution in [0.15, 0.2) is 42.5 Å². The minimum Gasteiger partial charge on any atom is -0.494 e. The van der Waals surface area contributed by atoms with Gasteiger partial charge in [0.1, 0.15) is 12.2 Å². The third-order valence-corrected chi connectivity index (χ3v) is 3.79. The fraction of sp³-hybridized carbons (Fsp3) is 0.200. The molecule has 1 aromatic carbocycles. The van der Waals surface area contributed by atoms with Gasteiger partial charge in [-0.15, -0.1) is 0 Å². The zero-order valence-electron chi connectivity index (χ0n) is 10.2. The van der Waals surface area contributed by atoms with Crippen LogP contribution in [-0.2, 0) is 11.3 Å². The molecule has 0 aliphatic carbocycles. The topological polar surface area (TPSA) is 54.6 Å². The summed E-state index contributed by atoms with van der Waals surface area (Å²) < 4.78 is 7.14. The van der Waals surface area contributed by atoms with E-state index in [1.165, 1.54) is 4.57 Å². The smallest absolute Gasteiger partial charge is 0.200 e. The summed E-state index contributed by atoms with van der Waals surface area (Å²) >= 11 is 0. The average molecular weight is 255 g/mol. The van der Waals surface area contributed by atoms with Crippen LogP contribution in [0.5, 0.6) is 11.8 Å². The van der Waals surface area contributed by atoms with Gasteiger partial charge in [0, 0.05) is 0 Å². The maximum Gasteiger partial charge on any atom is 0.200 e. The van der Waals surface area contributed by atoms with Gasteiger partial charge >= 0.3 is 0 Å². The summed E-state index contributed by atoms with van der Waals surface area (Å²) in [6, 6.07) is 9.75. The summed E-state index contributed by atoms with van der Waals surface area (Å²) in [6.45, 7) is 0.449. The molecule has 0 amide bonds. The van der Waals surface area contributed by atoms with E-state index < -0.39 is 0 Å². The second kappa shape index (κ2) is 3.65. The van der Waals surface area contributed by atoms with Crippen LogP contribution >= 0.6 is 0 Å². The molecule has 4 rings (SSSR count). The van der Waals surface area contributed by atoms with E-state index in [1.54, 1.807) is 0 Å². The van der Waals surface area contributed by atoms with E-state index in [9.17, 15) is 10.2 Å². The van der Waals surface area contributed by atoms with Crippen LogP contribution in [0.25, 0.3) is 0 Å². The largest absolute Gasteiger partial charge is 0.494 e. The van der Waals surface area contributed by atoms with Crippen molar-refractivity contribution in [2.45, 2.75) is 18.8 Å². The molecule has 2 aromatic rings. The summed E-state index contributed by atoms with van der Waals surface area (Å²) in [5.74, 6) is 0.210. The molecule has 2 unspecified atom stereocenters. The van der Waals surface area contributed by atoms with Gasteiger partial charge in [-0.25, -0.2) is 0 Å². The number of hydrogen-bond acceptors (Lipinski definition) is 3. The van der Waals surface area contributed by atoms with Gasteiger partial charge in [-0.1, -0.05) is 42.5 Å². The Hall–Kier alpha value is -2.20. The molecule has 4 nitrogen and oxygen atoms in total. The molecule has 4 heteroatoms. The Bertz CT molecular complexity index is 637. The third-order valence-electron chi connectivity index (χ3n) is 3.79. The van der Waals surface area contributed by atoms with Gasteiger partial charge in [-0.3, -0.25) is 4.57 Å². The molecular weight excluding hydrogens is 242 g/mol. The monoisotopic (exact) mass is 255 g/mol. The van der Waals surface area contributed by atoms with Gasteiger partial charge in [-0.2, -0.15) is 0 Å². The van der Waals surface area contributed by atoms with Gasteiger partial charge in [-0.05, 0) is 5.56 Å². The number of fused-ring (bicyclic) bond motifs is 5. The SMILES string of the molecule is Oc1c2c(c(O)n1Cc1ccccc1)C1C=CC2O1. The molecule has 2 aliphatic rings. The van der Waals surface area contributed by atoms with Crippen LogP contribution in [0.2, 0.25) is 0 Å². The normalized spacial score (nSPS) is 22.9. The van der Waals surface area contributed by atoms with Crippen LogP contribution in [0.4, 0.5) is 0 Å². The number of hydrogen-bond donors (Lipinski definition) is 2. The minimum absolute atomic E-state index is 0.105. The summed E-state index contributed by atoms with van der Waals surface area (Å²) in [4.78, 5) is 0. The van der Waals surface area contributed by atoms with Gasteiger partial charge in [0.25, 0.3) is 0 Å². The molecule has 2 N–H and O–H groups in total. The van der Waals surface area contributed by atoms with Crippen LogP contribution in [0.3, 0.4) is 0 Å². The Kier molecular flexibility index (Phi) is 2.05. The highest BCUT2D eigenvalue weighted by Gasteiger charge is 2.42. The molecule has 0 spiro atoms. The van der Waals surface area contributed by atoms with Gasteiger partial charge in [0.2, 0.25) is 11.8 Å². The third kappa shape index (κ3) is 1.37. The number of benzene rings is 1. The van der Waals surface area contributed by atoms with Crippen LogP contribution < -0.4 is 0 Å². The predicted molar refractivity (Wildman–Crippen MR) is 69.0 cm³/mol. The lowest BCUT2D eigenvalue weighted by Gasteiger charge is -2.10. The Balaban J connectivity index is 1.79. The fourth-order valence-electron chi connectivity index (χ4n) is 2.89. The molecule has 2 aliphatic heterocycles. The van der Waals surface area contributed by atoms with Crippen molar-refractivity contribution in [1.82, 2.24) is 4.57 Å². The Labute approximate surface area is 110 Å². The standard InChI is InChI=1S/C15H13NO3/c17-14-12-10-6-7-11(19-10)13(12)15(18)16(14)8-9-4-2-1-3-5-9/h1-7,10-11,17-18H,8H2. The van der Waals surface area contributed by atoms with Crippen LogP contribution in [-0.4, -0.2) is 14.8 Å². The summed E-state index contributed by atoms with van der Waals surface area (Å²) in [7, 11) is 0. The number of aromatic nitrogens is 1. The molecule has 19 heavy (non-hydrogen) atoms. The lowest BCUT2D eigenvalue weighted by Crippen LogP contribution is -2.00. The maximum atomic E-state index is 10.3. The molecule has 3 heterocycles. The minimum atomic E-state index is -0.220. The molecule has 96 valence electrons. The Morgan fingerprint density at radius 2 is 1.53 bits per heavy atom. The lowest BCUT2D eigenvalue weighted by molar-refractivity contribution is 0.0838. The van der Waals surface area contributed by atoms with E-state index in [4.69, 9.17) is 4.74 Å². The average Bonchev–Trinajstić information content (AvgIpc) is 3.10. The van der Waals surface area contributed by atoms with E-state index in [0.717, 1.165) is 5.56 Å². The second-order valence-corrected chi connectivity index (χ2v) is 4.91. The highest BCUT2D eigenvalue weighted by atomic mass is 16.5. The first-order valence-electron chi connectivity index (χ1n) is 6.27. The first kappa shape index (κ1) is 10.7. The molecule has 0 radical (unpaired) electrons. The quantitative estimate of drug-likeness (QED) is 0.811. The molecule has 2 bridgehead atoms. The van der Waals surface area contributed by atoms with Crippen molar-refractivity contribution in [3.63, 3.8) is 0 Å².